The highest BCUT2D eigenvalue weighted by atomic mass is 35.5. The highest BCUT2D eigenvalue weighted by molar-refractivity contribution is 6.33. The fourth-order valence-corrected chi connectivity index (χ4v) is 2.32. The van der Waals surface area contributed by atoms with E-state index in [1.807, 2.05) is 19.3 Å². The SMILES string of the molecule is CNCc1cnc(N2CCOC(C)C2)c(Cl)c1. The van der Waals surface area contributed by atoms with E-state index in [2.05, 4.69) is 22.1 Å². The van der Waals surface area contributed by atoms with E-state index in [1.165, 1.54) is 0 Å². The highest BCUT2D eigenvalue weighted by Gasteiger charge is 2.20. The Morgan fingerprint density at radius 3 is 3.12 bits per heavy atom. The van der Waals surface area contributed by atoms with Crippen LogP contribution in [0.2, 0.25) is 5.02 Å². The van der Waals surface area contributed by atoms with Crippen LogP contribution >= 0.6 is 11.6 Å². The first-order valence-corrected chi connectivity index (χ1v) is 6.24. The number of hydrogen-bond donors (Lipinski definition) is 1. The van der Waals surface area contributed by atoms with Crippen LogP contribution in [0.3, 0.4) is 0 Å². The van der Waals surface area contributed by atoms with Crippen molar-refractivity contribution in [3.05, 3.63) is 22.8 Å². The maximum absolute atomic E-state index is 6.27. The summed E-state index contributed by atoms with van der Waals surface area (Å²) >= 11 is 6.27. The zero-order valence-corrected chi connectivity index (χ0v) is 11.0. The number of nitrogens with one attached hydrogen (secondary N) is 1. The molecular weight excluding hydrogens is 238 g/mol. The van der Waals surface area contributed by atoms with E-state index >= 15 is 0 Å². The highest BCUT2D eigenvalue weighted by Crippen LogP contribution is 2.25. The van der Waals surface area contributed by atoms with E-state index in [0.717, 1.165) is 37.6 Å². The molecule has 0 amide bonds. The lowest BCUT2D eigenvalue weighted by atomic mass is 10.2. The molecule has 0 aliphatic carbocycles. The van der Waals surface area contributed by atoms with Crippen LogP contribution in [-0.2, 0) is 11.3 Å². The predicted molar refractivity (Wildman–Crippen MR) is 69.6 cm³/mol. The number of anilines is 1. The van der Waals surface area contributed by atoms with Gasteiger partial charge in [0.1, 0.15) is 5.82 Å². The van der Waals surface area contributed by atoms with Crippen molar-refractivity contribution in [1.82, 2.24) is 10.3 Å². The van der Waals surface area contributed by atoms with Crippen LogP contribution in [0.1, 0.15) is 12.5 Å². The zero-order valence-electron chi connectivity index (χ0n) is 10.2. The molecule has 1 fully saturated rings. The number of morpholine rings is 1. The molecule has 0 saturated carbocycles. The van der Waals surface area contributed by atoms with Gasteiger partial charge in [0.05, 0.1) is 17.7 Å². The molecule has 0 radical (unpaired) electrons. The molecule has 1 saturated heterocycles. The summed E-state index contributed by atoms with van der Waals surface area (Å²) in [6, 6.07) is 1.97. The molecule has 1 unspecified atom stereocenters. The quantitative estimate of drug-likeness (QED) is 0.892. The molecule has 1 N–H and O–H groups in total. The summed E-state index contributed by atoms with van der Waals surface area (Å²) in [4.78, 5) is 6.63. The number of ether oxygens (including phenoxy) is 1. The summed E-state index contributed by atoms with van der Waals surface area (Å²) in [5, 5.41) is 3.80. The van der Waals surface area contributed by atoms with Gasteiger partial charge in [-0.2, -0.15) is 0 Å². The van der Waals surface area contributed by atoms with Gasteiger partial charge in [0.25, 0.3) is 0 Å². The molecule has 0 spiro atoms. The Balaban J connectivity index is 2.15. The van der Waals surface area contributed by atoms with Gasteiger partial charge in [0.15, 0.2) is 0 Å². The normalized spacial score (nSPS) is 20.6. The minimum Gasteiger partial charge on any atom is -0.375 e. The van der Waals surface area contributed by atoms with Crippen LogP contribution in [0, 0.1) is 0 Å². The number of hydrogen-bond acceptors (Lipinski definition) is 4. The van der Waals surface area contributed by atoms with Gasteiger partial charge >= 0.3 is 0 Å². The summed E-state index contributed by atoms with van der Waals surface area (Å²) in [6.45, 7) is 5.28. The third-order valence-electron chi connectivity index (χ3n) is 2.80. The second-order valence-electron chi connectivity index (χ2n) is 4.31. The first kappa shape index (κ1) is 12.6. The van der Waals surface area contributed by atoms with Crippen molar-refractivity contribution in [2.45, 2.75) is 19.6 Å². The smallest absolute Gasteiger partial charge is 0.147 e. The van der Waals surface area contributed by atoms with Crippen molar-refractivity contribution in [3.8, 4) is 0 Å². The monoisotopic (exact) mass is 255 g/mol. The van der Waals surface area contributed by atoms with E-state index in [1.54, 1.807) is 0 Å². The minimum atomic E-state index is 0.235. The van der Waals surface area contributed by atoms with Gasteiger partial charge in [0, 0.05) is 25.8 Å². The molecule has 0 bridgehead atoms. The van der Waals surface area contributed by atoms with Crippen LogP contribution in [0.5, 0.6) is 0 Å². The molecule has 4 nitrogen and oxygen atoms in total. The van der Waals surface area contributed by atoms with Crippen LogP contribution in [0.15, 0.2) is 12.3 Å². The third-order valence-corrected chi connectivity index (χ3v) is 3.08. The van der Waals surface area contributed by atoms with Crippen molar-refractivity contribution in [1.29, 1.82) is 0 Å². The van der Waals surface area contributed by atoms with Gasteiger partial charge in [-0.25, -0.2) is 4.98 Å². The van der Waals surface area contributed by atoms with Crippen LogP contribution in [0.4, 0.5) is 5.82 Å². The average Bonchev–Trinajstić information content (AvgIpc) is 2.29. The van der Waals surface area contributed by atoms with Gasteiger partial charge in [-0.3, -0.25) is 0 Å². The van der Waals surface area contributed by atoms with E-state index < -0.39 is 0 Å². The lowest BCUT2D eigenvalue weighted by molar-refractivity contribution is 0.0529. The summed E-state index contributed by atoms with van der Waals surface area (Å²) < 4.78 is 5.51. The standard InChI is InChI=1S/C12H18ClN3O/c1-9-8-16(3-4-17-9)12-11(13)5-10(6-14-2)7-15-12/h5,7,9,14H,3-4,6,8H2,1-2H3. The van der Waals surface area contributed by atoms with E-state index in [9.17, 15) is 0 Å². The molecule has 94 valence electrons. The summed E-state index contributed by atoms with van der Waals surface area (Å²) in [6.07, 6.45) is 2.11. The first-order valence-electron chi connectivity index (χ1n) is 5.86. The largest absolute Gasteiger partial charge is 0.375 e. The Hall–Kier alpha value is -0.840. The lowest BCUT2D eigenvalue weighted by Crippen LogP contribution is -2.41. The maximum atomic E-state index is 6.27. The number of nitrogens with zero attached hydrogens (tertiary/aromatic N) is 2. The Morgan fingerprint density at radius 1 is 1.65 bits per heavy atom. The molecule has 5 heteroatoms. The number of pyridine rings is 1. The summed E-state index contributed by atoms with van der Waals surface area (Å²) in [5.41, 5.74) is 1.10. The minimum absolute atomic E-state index is 0.235. The van der Waals surface area contributed by atoms with Crippen LogP contribution in [0.25, 0.3) is 0 Å². The predicted octanol–water partition coefficient (Wildman–Crippen LogP) is 1.68. The molecule has 2 heterocycles. The molecule has 1 aromatic rings. The maximum Gasteiger partial charge on any atom is 0.147 e. The Bertz CT molecular complexity index is 386. The molecule has 1 atom stereocenters. The van der Waals surface area contributed by atoms with Gasteiger partial charge in [0.2, 0.25) is 0 Å². The lowest BCUT2D eigenvalue weighted by Gasteiger charge is -2.32. The molecule has 1 aliphatic rings. The number of halogens is 1. The van der Waals surface area contributed by atoms with Crippen LogP contribution in [-0.4, -0.2) is 37.8 Å². The van der Waals surface area contributed by atoms with E-state index in [4.69, 9.17) is 16.3 Å². The van der Waals surface area contributed by atoms with Gasteiger partial charge in [-0.1, -0.05) is 11.6 Å². The molecule has 2 rings (SSSR count). The van der Waals surface area contributed by atoms with Gasteiger partial charge < -0.3 is 15.0 Å². The average molecular weight is 256 g/mol. The zero-order chi connectivity index (χ0) is 12.3. The second kappa shape index (κ2) is 5.67. The molecule has 1 aromatic heterocycles. The van der Waals surface area contributed by atoms with Crippen LogP contribution < -0.4 is 10.2 Å². The van der Waals surface area contributed by atoms with Crippen molar-refractivity contribution >= 4 is 17.4 Å². The van der Waals surface area contributed by atoms with Gasteiger partial charge in [-0.05, 0) is 25.6 Å². The summed E-state index contributed by atoms with van der Waals surface area (Å²) in [5.74, 6) is 0.863. The molecule has 17 heavy (non-hydrogen) atoms. The molecule has 1 aliphatic heterocycles. The van der Waals surface area contributed by atoms with Crippen molar-refractivity contribution in [3.63, 3.8) is 0 Å². The third kappa shape index (κ3) is 3.09. The fourth-order valence-electron chi connectivity index (χ4n) is 2.01. The van der Waals surface area contributed by atoms with Crippen molar-refractivity contribution < 1.29 is 4.74 Å². The van der Waals surface area contributed by atoms with E-state index in [0.29, 0.717) is 5.02 Å². The first-order chi connectivity index (χ1) is 8.20. The second-order valence-corrected chi connectivity index (χ2v) is 4.71. The molecular formula is C12H18ClN3O. The van der Waals surface area contributed by atoms with Gasteiger partial charge in [-0.15, -0.1) is 0 Å². The van der Waals surface area contributed by atoms with Crippen molar-refractivity contribution in [2.75, 3.05) is 31.6 Å². The fraction of sp³-hybridized carbons (Fsp3) is 0.583. The Morgan fingerprint density at radius 2 is 2.47 bits per heavy atom. The van der Waals surface area contributed by atoms with Crippen molar-refractivity contribution in [2.24, 2.45) is 0 Å². The number of rotatable bonds is 3. The van der Waals surface area contributed by atoms with E-state index in [-0.39, 0.29) is 6.10 Å². The summed E-state index contributed by atoms with van der Waals surface area (Å²) in [7, 11) is 1.91. The number of aromatic nitrogens is 1. The Labute approximate surface area is 107 Å². The topological polar surface area (TPSA) is 37.4 Å². The molecule has 0 aromatic carbocycles. The Kier molecular flexibility index (Phi) is 4.20.